The molecule has 2 rings (SSSR count). The highest BCUT2D eigenvalue weighted by Crippen LogP contribution is 2.27. The highest BCUT2D eigenvalue weighted by molar-refractivity contribution is 5.76. The molecule has 1 aromatic rings. The molecule has 1 heterocycles. The smallest absolute Gasteiger partial charge is 0.410 e. The zero-order valence-corrected chi connectivity index (χ0v) is 13.3. The fourth-order valence-electron chi connectivity index (χ4n) is 2.29. The van der Waals surface area contributed by atoms with Gasteiger partial charge in [0.1, 0.15) is 5.60 Å². The molecule has 0 fully saturated rings. The summed E-state index contributed by atoms with van der Waals surface area (Å²) in [5.74, 6) is -0.707. The molecule has 1 aliphatic heterocycles. The van der Waals surface area contributed by atoms with E-state index in [9.17, 15) is 14.7 Å². The third kappa shape index (κ3) is 3.57. The molecule has 1 amide bonds. The summed E-state index contributed by atoms with van der Waals surface area (Å²) < 4.78 is 9.88. The molecule has 1 N–H and O–H groups in total. The number of amides is 1. The van der Waals surface area contributed by atoms with Crippen molar-refractivity contribution < 1.29 is 24.2 Å². The van der Waals surface area contributed by atoms with Crippen LogP contribution >= 0.6 is 0 Å². The summed E-state index contributed by atoms with van der Waals surface area (Å²) in [5, 5.41) is 9.87. The molecule has 0 aliphatic carbocycles. The van der Waals surface area contributed by atoms with Crippen LogP contribution in [0.5, 0.6) is 0 Å². The number of benzene rings is 1. The largest absolute Gasteiger partial charge is 0.467 e. The molecule has 0 aromatic heterocycles. The predicted octanol–water partition coefficient (Wildman–Crippen LogP) is 2.14. The van der Waals surface area contributed by atoms with Crippen molar-refractivity contribution in [2.24, 2.45) is 0 Å². The van der Waals surface area contributed by atoms with Crippen LogP contribution in [-0.4, -0.2) is 34.8 Å². The molecule has 1 unspecified atom stereocenters. The molecule has 0 saturated carbocycles. The number of carbonyl (C=O) groups is 2. The van der Waals surface area contributed by atoms with Gasteiger partial charge in [-0.15, -0.1) is 0 Å². The molecule has 0 saturated heterocycles. The number of methoxy groups -OCH3 is 1. The number of hydrogen-bond acceptors (Lipinski definition) is 5. The third-order valence-corrected chi connectivity index (χ3v) is 3.34. The maximum Gasteiger partial charge on any atom is 0.410 e. The average molecular weight is 307 g/mol. The first-order chi connectivity index (χ1) is 10.2. The number of carbonyl (C=O) groups excluding carboxylic acids is 2. The number of aliphatic hydroxyl groups is 1. The van der Waals surface area contributed by atoms with Gasteiger partial charge in [0, 0.05) is 13.1 Å². The van der Waals surface area contributed by atoms with E-state index in [4.69, 9.17) is 4.74 Å². The molecule has 1 aliphatic rings. The van der Waals surface area contributed by atoms with Crippen LogP contribution in [0.2, 0.25) is 0 Å². The van der Waals surface area contributed by atoms with Crippen molar-refractivity contribution in [3.63, 3.8) is 0 Å². The Labute approximate surface area is 129 Å². The lowest BCUT2D eigenvalue weighted by molar-refractivity contribution is -0.150. The second-order valence-electron chi connectivity index (χ2n) is 6.29. The minimum Gasteiger partial charge on any atom is -0.467 e. The van der Waals surface area contributed by atoms with E-state index in [0.29, 0.717) is 18.7 Å². The molecule has 0 radical (unpaired) electrons. The molecule has 6 heteroatoms. The van der Waals surface area contributed by atoms with Crippen LogP contribution in [-0.2, 0) is 27.4 Å². The molecule has 1 atom stereocenters. The van der Waals surface area contributed by atoms with Gasteiger partial charge in [0.05, 0.1) is 7.11 Å². The number of nitrogens with zero attached hydrogens (tertiary/aromatic N) is 1. The Bertz CT molecular complexity index is 591. The summed E-state index contributed by atoms with van der Waals surface area (Å²) >= 11 is 0. The molecular formula is C16H21NO5. The molecule has 1 aromatic carbocycles. The lowest BCUT2D eigenvalue weighted by Gasteiger charge is -2.24. The lowest BCUT2D eigenvalue weighted by atomic mass is 10.0. The fraction of sp³-hybridized carbons (Fsp3) is 0.500. The van der Waals surface area contributed by atoms with Gasteiger partial charge in [-0.2, -0.15) is 0 Å². The fourth-order valence-corrected chi connectivity index (χ4v) is 2.29. The first kappa shape index (κ1) is 16.3. The number of rotatable bonds is 2. The normalized spacial score (nSPS) is 15.2. The second kappa shape index (κ2) is 5.96. The van der Waals surface area contributed by atoms with Crippen molar-refractivity contribution in [2.75, 3.05) is 7.11 Å². The summed E-state index contributed by atoms with van der Waals surface area (Å²) in [4.78, 5) is 25.1. The average Bonchev–Trinajstić information content (AvgIpc) is 2.86. The van der Waals surface area contributed by atoms with Gasteiger partial charge in [-0.05, 0) is 37.5 Å². The maximum absolute atomic E-state index is 12.1. The highest BCUT2D eigenvalue weighted by atomic mass is 16.6. The van der Waals surface area contributed by atoms with Crippen molar-refractivity contribution in [1.29, 1.82) is 0 Å². The van der Waals surface area contributed by atoms with Crippen molar-refractivity contribution in [2.45, 2.75) is 45.6 Å². The molecule has 0 bridgehead atoms. The van der Waals surface area contributed by atoms with Crippen LogP contribution in [0.25, 0.3) is 0 Å². The Kier molecular flexibility index (Phi) is 4.42. The van der Waals surface area contributed by atoms with Crippen LogP contribution in [0.4, 0.5) is 4.79 Å². The summed E-state index contributed by atoms with van der Waals surface area (Å²) in [7, 11) is 1.23. The maximum atomic E-state index is 12.1. The second-order valence-corrected chi connectivity index (χ2v) is 6.29. The minimum absolute atomic E-state index is 0.376. The topological polar surface area (TPSA) is 76.1 Å². The van der Waals surface area contributed by atoms with Crippen LogP contribution < -0.4 is 0 Å². The van der Waals surface area contributed by atoms with Gasteiger partial charge < -0.3 is 14.6 Å². The molecule has 6 nitrogen and oxygen atoms in total. The third-order valence-electron chi connectivity index (χ3n) is 3.34. The first-order valence-electron chi connectivity index (χ1n) is 7.07. The van der Waals surface area contributed by atoms with E-state index >= 15 is 0 Å². The Morgan fingerprint density at radius 2 is 1.86 bits per heavy atom. The number of aliphatic hydroxyl groups excluding tert-OH is 1. The van der Waals surface area contributed by atoms with Crippen LogP contribution in [0, 0.1) is 0 Å². The van der Waals surface area contributed by atoms with E-state index in [1.807, 2.05) is 20.8 Å². The summed E-state index contributed by atoms with van der Waals surface area (Å²) in [6, 6.07) is 5.20. The van der Waals surface area contributed by atoms with Crippen molar-refractivity contribution in [3.8, 4) is 0 Å². The predicted molar refractivity (Wildman–Crippen MR) is 78.9 cm³/mol. The summed E-state index contributed by atoms with van der Waals surface area (Å²) in [5.41, 5.74) is 1.78. The molecule has 0 spiro atoms. The van der Waals surface area contributed by atoms with Gasteiger partial charge in [-0.25, -0.2) is 9.59 Å². The Morgan fingerprint density at radius 3 is 2.45 bits per heavy atom. The van der Waals surface area contributed by atoms with Crippen molar-refractivity contribution >= 4 is 12.1 Å². The van der Waals surface area contributed by atoms with Crippen molar-refractivity contribution in [1.82, 2.24) is 4.90 Å². The number of fused-ring (bicyclic) bond motifs is 1. The zero-order valence-electron chi connectivity index (χ0n) is 13.3. The quantitative estimate of drug-likeness (QED) is 0.847. The van der Waals surface area contributed by atoms with E-state index in [-0.39, 0.29) is 6.09 Å². The first-order valence-corrected chi connectivity index (χ1v) is 7.07. The number of ether oxygens (including phenoxy) is 2. The van der Waals surface area contributed by atoms with E-state index in [1.54, 1.807) is 23.1 Å². The Hall–Kier alpha value is -2.08. The zero-order chi connectivity index (χ0) is 16.5. The van der Waals surface area contributed by atoms with Crippen LogP contribution in [0.3, 0.4) is 0 Å². The Morgan fingerprint density at radius 1 is 1.23 bits per heavy atom. The molecule has 120 valence electrons. The van der Waals surface area contributed by atoms with Gasteiger partial charge in [0.15, 0.2) is 6.10 Å². The molecule has 22 heavy (non-hydrogen) atoms. The van der Waals surface area contributed by atoms with E-state index in [2.05, 4.69) is 4.74 Å². The number of esters is 1. The minimum atomic E-state index is -1.31. The van der Waals surface area contributed by atoms with Crippen molar-refractivity contribution in [3.05, 3.63) is 34.9 Å². The monoisotopic (exact) mass is 307 g/mol. The van der Waals surface area contributed by atoms with Gasteiger partial charge in [0.2, 0.25) is 0 Å². The van der Waals surface area contributed by atoms with Crippen LogP contribution in [0.15, 0.2) is 18.2 Å². The lowest BCUT2D eigenvalue weighted by Crippen LogP contribution is -2.33. The van der Waals surface area contributed by atoms with E-state index in [1.165, 1.54) is 7.11 Å². The van der Waals surface area contributed by atoms with Gasteiger partial charge in [-0.3, -0.25) is 4.90 Å². The summed E-state index contributed by atoms with van der Waals surface area (Å²) in [6.45, 7) is 6.31. The number of hydrogen-bond donors (Lipinski definition) is 1. The summed E-state index contributed by atoms with van der Waals surface area (Å²) in [6.07, 6.45) is -1.69. The highest BCUT2D eigenvalue weighted by Gasteiger charge is 2.29. The standard InChI is InChI=1S/C16H21NO5/c1-16(2,3)22-15(20)17-8-11-6-5-10(7-12(11)9-17)13(18)14(19)21-4/h5-7,13,18H,8-9H2,1-4H3. The van der Waals surface area contributed by atoms with Gasteiger partial charge in [0.25, 0.3) is 0 Å². The van der Waals surface area contributed by atoms with Crippen LogP contribution in [0.1, 0.15) is 43.6 Å². The molecular weight excluding hydrogens is 286 g/mol. The van der Waals surface area contributed by atoms with E-state index < -0.39 is 17.7 Å². The van der Waals surface area contributed by atoms with E-state index in [0.717, 1.165) is 11.1 Å². The van der Waals surface area contributed by atoms with Gasteiger partial charge in [-0.1, -0.05) is 18.2 Å². The SMILES string of the molecule is COC(=O)C(O)c1ccc2c(c1)CN(C(=O)OC(C)(C)C)C2. The Balaban J connectivity index is 2.12. The van der Waals surface area contributed by atoms with Gasteiger partial charge >= 0.3 is 12.1 Å².